The molecule has 7 unspecified atom stereocenters. The first kappa shape index (κ1) is 61.7. The predicted octanol–water partition coefficient (Wildman–Crippen LogP) is -1.04. The molecule has 70 heavy (non-hydrogen) atoms. The molecule has 394 valence electrons. The fourth-order valence-corrected chi connectivity index (χ4v) is 7.57. The zero-order chi connectivity index (χ0) is 53.4. The molecule has 0 aromatic heterocycles. The van der Waals surface area contributed by atoms with Crippen LogP contribution < -0.4 is 31.9 Å². The monoisotopic (exact) mass is 993 g/mol. The van der Waals surface area contributed by atoms with Gasteiger partial charge in [0.15, 0.2) is 6.10 Å². The number of esters is 2. The Bertz CT molecular complexity index is 1880. The van der Waals surface area contributed by atoms with Gasteiger partial charge in [-0.3, -0.25) is 43.2 Å². The van der Waals surface area contributed by atoms with Gasteiger partial charge < -0.3 is 56.3 Å². The molecular weight excluding hydrogens is 917 g/mol. The third-order valence-corrected chi connectivity index (χ3v) is 11.0. The summed E-state index contributed by atoms with van der Waals surface area (Å²) < 4.78 is 9.79. The minimum absolute atomic E-state index is 0.0835. The number of amides is 10. The Morgan fingerprint density at radius 1 is 0.671 bits per heavy atom. The van der Waals surface area contributed by atoms with E-state index in [0.29, 0.717) is 12.8 Å². The summed E-state index contributed by atoms with van der Waals surface area (Å²) in [6.45, 7) is 20.1. The standard InChI is InChI=1S/C23H39N5O7.C23H37N5O7/c2*1-7-10-15(19(30)21(32)25-11-8-2)26-20(31)16-12-27(13-17(29)35-9-3)23(34)28(16)22(33)18(24-6)14(4)5/h8,14-16,18-19,24,30H,2,7,9-13H2,1,3-6H3,(H,25,32)(H,26,31);8,14-16,18,24H,2,7,9-13H2,1,3-6H3,(H,25,32)(H,26,31). The second-order valence-corrected chi connectivity index (χ2v) is 17.0. The molecule has 2 aliphatic heterocycles. The highest BCUT2D eigenvalue weighted by molar-refractivity contribution is 6.38. The van der Waals surface area contributed by atoms with E-state index in [4.69, 9.17) is 9.47 Å². The first-order chi connectivity index (χ1) is 33.1. The van der Waals surface area contributed by atoms with Crippen LogP contribution in [0.15, 0.2) is 25.3 Å². The van der Waals surface area contributed by atoms with E-state index >= 15 is 0 Å². The number of urea groups is 2. The number of hydrogen-bond donors (Lipinski definition) is 7. The van der Waals surface area contributed by atoms with Crippen LogP contribution >= 0.6 is 0 Å². The van der Waals surface area contributed by atoms with Gasteiger partial charge >= 0.3 is 24.0 Å². The lowest BCUT2D eigenvalue weighted by Crippen LogP contribution is -2.58. The Morgan fingerprint density at radius 2 is 1.09 bits per heavy atom. The number of nitrogens with one attached hydrogen (secondary N) is 6. The summed E-state index contributed by atoms with van der Waals surface area (Å²) in [5.41, 5.74) is 0. The third-order valence-electron chi connectivity index (χ3n) is 11.0. The molecule has 24 nitrogen and oxygen atoms in total. The van der Waals surface area contributed by atoms with Gasteiger partial charge in [-0.1, -0.05) is 66.5 Å². The summed E-state index contributed by atoms with van der Waals surface area (Å²) in [7, 11) is 3.14. The van der Waals surface area contributed by atoms with E-state index in [9.17, 15) is 57.8 Å². The second kappa shape index (κ2) is 31.1. The molecule has 10 amide bonds. The summed E-state index contributed by atoms with van der Waals surface area (Å²) in [6.07, 6.45) is 2.82. The molecule has 7 atom stereocenters. The van der Waals surface area contributed by atoms with Crippen LogP contribution in [0.1, 0.15) is 81.1 Å². The van der Waals surface area contributed by atoms with Crippen molar-refractivity contribution in [2.45, 2.75) is 123 Å². The van der Waals surface area contributed by atoms with Gasteiger partial charge in [0.2, 0.25) is 29.4 Å². The smallest absolute Gasteiger partial charge is 0.328 e. The van der Waals surface area contributed by atoms with E-state index < -0.39 is 121 Å². The van der Waals surface area contributed by atoms with Crippen molar-refractivity contribution < 1.29 is 67.3 Å². The fourth-order valence-electron chi connectivity index (χ4n) is 7.57. The van der Waals surface area contributed by atoms with E-state index in [1.807, 2.05) is 6.92 Å². The van der Waals surface area contributed by atoms with Crippen LogP contribution in [0.4, 0.5) is 9.59 Å². The van der Waals surface area contributed by atoms with Gasteiger partial charge in [-0.05, 0) is 52.6 Å². The molecule has 0 bridgehead atoms. The molecule has 2 saturated heterocycles. The van der Waals surface area contributed by atoms with E-state index in [1.165, 1.54) is 12.2 Å². The summed E-state index contributed by atoms with van der Waals surface area (Å²) in [4.78, 5) is 144. The molecular formula is C46H76N10O14. The number of carbonyl (C=O) groups excluding carboxylic acids is 11. The number of carbonyl (C=O) groups is 11. The molecule has 7 N–H and O–H groups in total. The molecule has 24 heteroatoms. The number of Topliss-reactive ketones (excluding diaryl/α,β-unsaturated/α-hetero) is 1. The number of aliphatic hydroxyl groups is 1. The van der Waals surface area contributed by atoms with E-state index in [0.717, 1.165) is 19.6 Å². The number of nitrogens with zero attached hydrogens (tertiary/aromatic N) is 4. The van der Waals surface area contributed by atoms with Crippen molar-refractivity contribution in [3.05, 3.63) is 25.3 Å². The Morgan fingerprint density at radius 3 is 1.46 bits per heavy atom. The van der Waals surface area contributed by atoms with Gasteiger partial charge in [-0.2, -0.15) is 0 Å². The normalized spacial score (nSPS) is 17.6. The number of ether oxygens (including phenoxy) is 2. The molecule has 2 heterocycles. The third kappa shape index (κ3) is 17.6. The van der Waals surface area contributed by atoms with Crippen LogP contribution in [0.2, 0.25) is 0 Å². The van der Waals surface area contributed by atoms with Crippen LogP contribution in [-0.4, -0.2) is 199 Å². The molecule has 0 aromatic rings. The first-order valence-corrected chi connectivity index (χ1v) is 23.6. The van der Waals surface area contributed by atoms with Gasteiger partial charge in [0.1, 0.15) is 25.2 Å². The largest absolute Gasteiger partial charge is 0.465 e. The van der Waals surface area contributed by atoms with Crippen molar-refractivity contribution in [3.63, 3.8) is 0 Å². The lowest BCUT2D eigenvalue weighted by Gasteiger charge is -2.29. The van der Waals surface area contributed by atoms with Gasteiger partial charge in [0.05, 0.1) is 50.5 Å². The SMILES string of the molecule is C=CCNC(=O)C(=O)C(CCC)NC(=O)C1CN(CC(=O)OCC)C(=O)N1C(=O)C(NC)C(C)C.C=CCNC(=O)C(O)C(CCC)NC(=O)C1CN(CC(=O)OCC)C(=O)N1C(=O)C(NC)C(C)C. The highest BCUT2D eigenvalue weighted by Gasteiger charge is 2.50. The number of ketones is 1. The van der Waals surface area contributed by atoms with Crippen molar-refractivity contribution >= 4 is 65.2 Å². The van der Waals surface area contributed by atoms with E-state index in [2.05, 4.69) is 45.1 Å². The minimum atomic E-state index is -1.54. The molecule has 0 spiro atoms. The maximum absolute atomic E-state index is 13.3. The zero-order valence-electron chi connectivity index (χ0n) is 42.3. The second-order valence-electron chi connectivity index (χ2n) is 17.0. The molecule has 0 saturated carbocycles. The summed E-state index contributed by atoms with van der Waals surface area (Å²) in [6, 6.07) is -7.79. The van der Waals surface area contributed by atoms with Crippen molar-refractivity contribution in [3.8, 4) is 0 Å². The average molecular weight is 993 g/mol. The van der Waals surface area contributed by atoms with Crippen LogP contribution in [0.3, 0.4) is 0 Å². The maximum atomic E-state index is 13.3. The topological polar surface area (TPSA) is 312 Å². The molecule has 2 aliphatic rings. The minimum Gasteiger partial charge on any atom is -0.465 e. The lowest BCUT2D eigenvalue weighted by molar-refractivity contribution is -0.144. The highest BCUT2D eigenvalue weighted by Crippen LogP contribution is 2.22. The maximum Gasteiger partial charge on any atom is 0.328 e. The first-order valence-electron chi connectivity index (χ1n) is 23.6. The molecule has 2 fully saturated rings. The Labute approximate surface area is 410 Å². The van der Waals surface area contributed by atoms with Crippen molar-refractivity contribution in [2.24, 2.45) is 11.8 Å². The summed E-state index contributed by atoms with van der Waals surface area (Å²) in [5, 5.41) is 26.2. The van der Waals surface area contributed by atoms with Crippen molar-refractivity contribution in [2.75, 3.05) is 66.6 Å². The number of imide groups is 2. The number of likely N-dealkylation sites (N-methyl/N-ethyl adjacent to an activating group) is 2. The lowest BCUT2D eigenvalue weighted by atomic mass is 10.0. The summed E-state index contributed by atoms with van der Waals surface area (Å²) in [5.74, 6) is -6.89. The predicted molar refractivity (Wildman–Crippen MR) is 255 cm³/mol. The number of aliphatic hydroxyl groups excluding tert-OH is 1. The van der Waals surface area contributed by atoms with Gasteiger partial charge in [0.25, 0.3) is 11.8 Å². The van der Waals surface area contributed by atoms with E-state index in [1.54, 1.807) is 62.6 Å². The molecule has 0 radical (unpaired) electrons. The fraction of sp³-hybridized carbons (Fsp3) is 0.674. The molecule has 0 aliphatic carbocycles. The van der Waals surface area contributed by atoms with Gasteiger partial charge in [0, 0.05) is 13.1 Å². The van der Waals surface area contributed by atoms with Crippen LogP contribution in [-0.2, 0) is 52.6 Å². The van der Waals surface area contributed by atoms with Gasteiger partial charge in [-0.25, -0.2) is 19.4 Å². The average Bonchev–Trinajstić information content (AvgIpc) is 3.81. The Hall–Kier alpha value is -6.27. The summed E-state index contributed by atoms with van der Waals surface area (Å²) >= 11 is 0. The number of hydrogen-bond acceptors (Lipinski definition) is 16. The molecule has 2 rings (SSSR count). The zero-order valence-corrected chi connectivity index (χ0v) is 42.3. The van der Waals surface area contributed by atoms with E-state index in [-0.39, 0.29) is 64.1 Å². The van der Waals surface area contributed by atoms with Crippen LogP contribution in [0.5, 0.6) is 0 Å². The Kier molecular flexibility index (Phi) is 27.4. The van der Waals surface area contributed by atoms with Crippen molar-refractivity contribution in [1.82, 2.24) is 51.5 Å². The molecule has 0 aromatic carbocycles. The number of rotatable bonds is 28. The van der Waals surface area contributed by atoms with Gasteiger partial charge in [-0.15, -0.1) is 13.2 Å². The van der Waals surface area contributed by atoms with Crippen LogP contribution in [0, 0.1) is 11.8 Å². The van der Waals surface area contributed by atoms with Crippen molar-refractivity contribution in [1.29, 1.82) is 0 Å². The van der Waals surface area contributed by atoms with Crippen LogP contribution in [0.25, 0.3) is 0 Å². The Balaban J connectivity index is 0.000000700. The highest BCUT2D eigenvalue weighted by atomic mass is 16.5. The quantitative estimate of drug-likeness (QED) is 0.0280.